The Bertz CT molecular complexity index is 296. The number of nitrogens with one attached hydrogen (secondary N) is 1. The van der Waals surface area contributed by atoms with Gasteiger partial charge in [0, 0.05) is 38.4 Å². The minimum absolute atomic E-state index is 0.579. The van der Waals surface area contributed by atoms with Crippen molar-refractivity contribution in [1.29, 1.82) is 5.26 Å². The predicted octanol–water partition coefficient (Wildman–Crippen LogP) is 1.90. The monoisotopic (exact) mass is 191 g/mol. The van der Waals surface area contributed by atoms with Gasteiger partial charge in [-0.15, -0.1) is 0 Å². The molecule has 0 aliphatic rings. The van der Waals surface area contributed by atoms with Crippen LogP contribution in [-0.4, -0.2) is 11.1 Å². The number of rotatable bonds is 6. The fourth-order valence-corrected chi connectivity index (χ4v) is 1.37. The van der Waals surface area contributed by atoms with Gasteiger partial charge in [-0.05, 0) is 18.1 Å². The first-order chi connectivity index (χ1) is 6.86. The van der Waals surface area contributed by atoms with Gasteiger partial charge in [0.15, 0.2) is 0 Å². The van der Waals surface area contributed by atoms with Gasteiger partial charge in [0.2, 0.25) is 0 Å². The minimum Gasteiger partial charge on any atom is -0.354 e. The van der Waals surface area contributed by atoms with E-state index in [2.05, 4.69) is 41.3 Å². The second kappa shape index (κ2) is 6.22. The molecule has 0 aromatic carbocycles. The fraction of sp³-hybridized carbons (Fsp3) is 0.545. The van der Waals surface area contributed by atoms with Crippen LogP contribution in [0.25, 0.3) is 0 Å². The minimum atomic E-state index is 0.579. The van der Waals surface area contributed by atoms with Crippen molar-refractivity contribution < 1.29 is 0 Å². The molecular formula is C11H17N3. The molecule has 0 bridgehead atoms. The quantitative estimate of drug-likeness (QED) is 0.698. The van der Waals surface area contributed by atoms with E-state index in [4.69, 9.17) is 5.26 Å². The highest BCUT2D eigenvalue weighted by Crippen LogP contribution is 2.01. The number of hydrogen-bond acceptors (Lipinski definition) is 2. The maximum atomic E-state index is 8.34. The summed E-state index contributed by atoms with van der Waals surface area (Å²) in [6.07, 6.45) is 6.00. The summed E-state index contributed by atoms with van der Waals surface area (Å²) in [7, 11) is 0. The Morgan fingerprint density at radius 2 is 2.43 bits per heavy atom. The van der Waals surface area contributed by atoms with Crippen molar-refractivity contribution in [3.05, 3.63) is 24.0 Å². The van der Waals surface area contributed by atoms with E-state index in [-0.39, 0.29) is 0 Å². The van der Waals surface area contributed by atoms with E-state index >= 15 is 0 Å². The van der Waals surface area contributed by atoms with Gasteiger partial charge in [0.05, 0.1) is 6.07 Å². The molecule has 1 N–H and O–H groups in total. The predicted molar refractivity (Wildman–Crippen MR) is 56.7 cm³/mol. The summed E-state index contributed by atoms with van der Waals surface area (Å²) in [6, 6.07) is 4.23. The van der Waals surface area contributed by atoms with E-state index in [1.54, 1.807) is 0 Å². The highest BCUT2D eigenvalue weighted by Gasteiger charge is 1.95. The van der Waals surface area contributed by atoms with Gasteiger partial charge in [-0.3, -0.25) is 0 Å². The van der Waals surface area contributed by atoms with Crippen LogP contribution in [0.4, 0.5) is 0 Å². The molecule has 0 atom stereocenters. The SMILES string of the molecule is CCCn1ccc(CNCCC#N)c1. The second-order valence-electron chi connectivity index (χ2n) is 3.34. The maximum absolute atomic E-state index is 8.34. The molecule has 3 nitrogen and oxygen atoms in total. The molecule has 0 amide bonds. The standard InChI is InChI=1S/C11H17N3/c1-2-7-14-8-4-11(10-14)9-13-6-3-5-12/h4,8,10,13H,2-3,6-7,9H2,1H3. The lowest BCUT2D eigenvalue weighted by Gasteiger charge is -1.99. The molecule has 1 heterocycles. The summed E-state index contributed by atoms with van der Waals surface area (Å²) < 4.78 is 2.20. The Hall–Kier alpha value is -1.27. The molecule has 76 valence electrons. The second-order valence-corrected chi connectivity index (χ2v) is 3.34. The molecule has 0 saturated heterocycles. The van der Waals surface area contributed by atoms with Crippen LogP contribution in [0.15, 0.2) is 18.5 Å². The Morgan fingerprint density at radius 3 is 3.14 bits per heavy atom. The highest BCUT2D eigenvalue weighted by molar-refractivity contribution is 5.09. The Morgan fingerprint density at radius 1 is 1.57 bits per heavy atom. The van der Waals surface area contributed by atoms with Gasteiger partial charge in [0.1, 0.15) is 0 Å². The molecule has 0 aliphatic carbocycles. The summed E-state index contributed by atoms with van der Waals surface area (Å²) in [5.74, 6) is 0. The van der Waals surface area contributed by atoms with Crippen LogP contribution in [0.5, 0.6) is 0 Å². The summed E-state index contributed by atoms with van der Waals surface area (Å²) in [5, 5.41) is 11.6. The first-order valence-corrected chi connectivity index (χ1v) is 5.09. The third kappa shape index (κ3) is 3.63. The van der Waals surface area contributed by atoms with Crippen molar-refractivity contribution in [2.45, 2.75) is 32.9 Å². The number of nitriles is 1. The highest BCUT2D eigenvalue weighted by atomic mass is 14.9. The molecule has 1 aromatic rings. The zero-order valence-electron chi connectivity index (χ0n) is 8.66. The largest absolute Gasteiger partial charge is 0.354 e. The number of aryl methyl sites for hydroxylation is 1. The third-order valence-electron chi connectivity index (χ3n) is 2.04. The van der Waals surface area contributed by atoms with Gasteiger partial charge in [0.25, 0.3) is 0 Å². The Balaban J connectivity index is 2.26. The molecule has 1 rings (SSSR count). The summed E-state index contributed by atoms with van der Waals surface area (Å²) in [4.78, 5) is 0. The normalized spacial score (nSPS) is 10.0. The molecule has 0 aliphatic heterocycles. The summed E-state index contributed by atoms with van der Waals surface area (Å²) in [6.45, 7) is 4.89. The zero-order valence-corrected chi connectivity index (χ0v) is 8.66. The molecular weight excluding hydrogens is 174 g/mol. The lowest BCUT2D eigenvalue weighted by Crippen LogP contribution is -2.13. The maximum Gasteiger partial charge on any atom is 0.0635 e. The Labute approximate surface area is 85.3 Å². The van der Waals surface area contributed by atoms with Crippen molar-refractivity contribution >= 4 is 0 Å². The van der Waals surface area contributed by atoms with Crippen molar-refractivity contribution in [2.24, 2.45) is 0 Å². The van der Waals surface area contributed by atoms with Crippen molar-refractivity contribution in [1.82, 2.24) is 9.88 Å². The lowest BCUT2D eigenvalue weighted by molar-refractivity contribution is 0.670. The van der Waals surface area contributed by atoms with E-state index in [0.29, 0.717) is 6.42 Å². The van der Waals surface area contributed by atoms with Crippen LogP contribution in [0.3, 0.4) is 0 Å². The molecule has 0 fully saturated rings. The van der Waals surface area contributed by atoms with Gasteiger partial charge in [-0.25, -0.2) is 0 Å². The Kier molecular flexibility index (Phi) is 4.81. The van der Waals surface area contributed by atoms with Crippen molar-refractivity contribution in [3.8, 4) is 6.07 Å². The van der Waals surface area contributed by atoms with Crippen LogP contribution in [0, 0.1) is 11.3 Å². The van der Waals surface area contributed by atoms with Gasteiger partial charge < -0.3 is 9.88 Å². The summed E-state index contributed by atoms with van der Waals surface area (Å²) >= 11 is 0. The average Bonchev–Trinajstić information content (AvgIpc) is 2.61. The van der Waals surface area contributed by atoms with Gasteiger partial charge >= 0.3 is 0 Å². The van der Waals surface area contributed by atoms with E-state index in [0.717, 1.165) is 26.1 Å². The number of nitrogens with zero attached hydrogens (tertiary/aromatic N) is 2. The van der Waals surface area contributed by atoms with Crippen molar-refractivity contribution in [3.63, 3.8) is 0 Å². The molecule has 0 radical (unpaired) electrons. The molecule has 14 heavy (non-hydrogen) atoms. The molecule has 0 spiro atoms. The first kappa shape index (κ1) is 10.8. The van der Waals surface area contributed by atoms with Crippen molar-refractivity contribution in [2.75, 3.05) is 6.54 Å². The van der Waals surface area contributed by atoms with Gasteiger partial charge in [-0.1, -0.05) is 6.92 Å². The fourth-order valence-electron chi connectivity index (χ4n) is 1.37. The first-order valence-electron chi connectivity index (χ1n) is 5.09. The summed E-state index contributed by atoms with van der Waals surface area (Å²) in [5.41, 5.74) is 1.29. The molecule has 0 unspecified atom stereocenters. The molecule has 1 aromatic heterocycles. The van der Waals surface area contributed by atoms with E-state index < -0.39 is 0 Å². The molecule has 3 heteroatoms. The lowest BCUT2D eigenvalue weighted by atomic mass is 10.3. The van der Waals surface area contributed by atoms with Gasteiger partial charge in [-0.2, -0.15) is 5.26 Å². The van der Waals surface area contributed by atoms with Crippen LogP contribution >= 0.6 is 0 Å². The molecule has 0 saturated carbocycles. The number of hydrogen-bond donors (Lipinski definition) is 1. The van der Waals surface area contributed by atoms with Crippen LogP contribution in [0.2, 0.25) is 0 Å². The topological polar surface area (TPSA) is 40.8 Å². The smallest absolute Gasteiger partial charge is 0.0635 e. The number of aromatic nitrogens is 1. The average molecular weight is 191 g/mol. The van der Waals surface area contributed by atoms with E-state index in [1.807, 2.05) is 0 Å². The van der Waals surface area contributed by atoms with E-state index in [1.165, 1.54) is 5.56 Å². The third-order valence-corrected chi connectivity index (χ3v) is 2.04. The van der Waals surface area contributed by atoms with Crippen LogP contribution in [0.1, 0.15) is 25.3 Å². The zero-order chi connectivity index (χ0) is 10.2. The van der Waals surface area contributed by atoms with Crippen LogP contribution < -0.4 is 5.32 Å². The van der Waals surface area contributed by atoms with E-state index in [9.17, 15) is 0 Å². The van der Waals surface area contributed by atoms with Crippen LogP contribution in [-0.2, 0) is 13.1 Å².